The summed E-state index contributed by atoms with van der Waals surface area (Å²) >= 11 is 3.68. The first-order chi connectivity index (χ1) is 14.3. The number of aromatic nitrogens is 2. The minimum absolute atomic E-state index is 1.08. The van der Waals surface area contributed by atoms with E-state index < -0.39 is 0 Å². The molecule has 0 amide bonds. The lowest BCUT2D eigenvalue weighted by molar-refractivity contribution is 1.17. The molecule has 0 radical (unpaired) electrons. The van der Waals surface area contributed by atoms with E-state index >= 15 is 0 Å². The monoisotopic (exact) mass is 436 g/mol. The molecule has 138 valence electrons. The van der Waals surface area contributed by atoms with Crippen molar-refractivity contribution in [1.29, 1.82) is 0 Å². The van der Waals surface area contributed by atoms with Crippen molar-refractivity contribution in [3.8, 4) is 11.4 Å². The zero-order chi connectivity index (χ0) is 19.4. The van der Waals surface area contributed by atoms with E-state index in [4.69, 9.17) is 0 Å². The first-order valence-corrected chi connectivity index (χ1v) is 10.5. The number of fused-ring (bicyclic) bond motifs is 5. The Morgan fingerprint density at radius 3 is 1.66 bits per heavy atom. The predicted molar refractivity (Wildman–Crippen MR) is 125 cm³/mol. The molecule has 2 aromatic heterocycles. The molecule has 3 heteroatoms. The van der Waals surface area contributed by atoms with Crippen LogP contribution in [-0.2, 0) is 0 Å². The van der Waals surface area contributed by atoms with E-state index in [1.807, 2.05) is 0 Å². The van der Waals surface area contributed by atoms with Gasteiger partial charge in [-0.2, -0.15) is 0 Å². The summed E-state index contributed by atoms with van der Waals surface area (Å²) in [5.41, 5.74) is 7.24. The van der Waals surface area contributed by atoms with Crippen molar-refractivity contribution in [1.82, 2.24) is 9.13 Å². The lowest BCUT2D eigenvalue weighted by Gasteiger charge is -2.09. The van der Waals surface area contributed by atoms with Crippen LogP contribution in [0.3, 0.4) is 0 Å². The van der Waals surface area contributed by atoms with Crippen LogP contribution in [0.5, 0.6) is 0 Å². The molecule has 0 bridgehead atoms. The molecule has 6 rings (SSSR count). The molecule has 0 aliphatic carbocycles. The summed E-state index contributed by atoms with van der Waals surface area (Å²) in [5.74, 6) is 0. The molecule has 0 aliphatic rings. The van der Waals surface area contributed by atoms with Crippen LogP contribution in [0, 0.1) is 0 Å². The van der Waals surface area contributed by atoms with Crippen LogP contribution in [0.25, 0.3) is 44.2 Å². The van der Waals surface area contributed by atoms with Gasteiger partial charge in [-0.25, -0.2) is 0 Å². The molecule has 0 saturated carbocycles. The summed E-state index contributed by atoms with van der Waals surface area (Å²) in [4.78, 5) is 0. The Morgan fingerprint density at radius 2 is 1.00 bits per heavy atom. The Hall–Kier alpha value is -3.30. The van der Waals surface area contributed by atoms with Crippen molar-refractivity contribution in [2.75, 3.05) is 0 Å². The smallest absolute Gasteiger partial charge is 0.0803 e. The SMILES string of the molecule is Brc1ccc2c(c1)n(-c1ccccc1)c1c3ccccc3n(-c3ccccc3)c21. The number of halogens is 1. The molecular weight excluding hydrogens is 420 g/mol. The van der Waals surface area contributed by atoms with Crippen molar-refractivity contribution in [3.05, 3.63) is 108 Å². The van der Waals surface area contributed by atoms with Gasteiger partial charge in [0, 0.05) is 26.6 Å². The van der Waals surface area contributed by atoms with Crippen LogP contribution in [0.4, 0.5) is 0 Å². The highest BCUT2D eigenvalue weighted by atomic mass is 79.9. The van der Waals surface area contributed by atoms with Crippen LogP contribution < -0.4 is 0 Å². The second-order valence-electron chi connectivity index (χ2n) is 7.22. The molecule has 0 atom stereocenters. The Morgan fingerprint density at radius 1 is 0.483 bits per heavy atom. The number of rotatable bonds is 2. The summed E-state index contributed by atoms with van der Waals surface area (Å²) in [6.07, 6.45) is 0. The summed E-state index contributed by atoms with van der Waals surface area (Å²) in [6, 6.07) is 36.5. The van der Waals surface area contributed by atoms with Gasteiger partial charge in [0.25, 0.3) is 0 Å². The Labute approximate surface area is 176 Å². The molecule has 0 N–H and O–H groups in total. The minimum Gasteiger partial charge on any atom is -0.307 e. The van der Waals surface area contributed by atoms with Gasteiger partial charge in [-0.15, -0.1) is 0 Å². The Bertz CT molecular complexity index is 1490. The maximum absolute atomic E-state index is 3.68. The van der Waals surface area contributed by atoms with Crippen LogP contribution in [0.15, 0.2) is 108 Å². The van der Waals surface area contributed by atoms with Crippen molar-refractivity contribution >= 4 is 48.8 Å². The number of para-hydroxylation sites is 3. The van der Waals surface area contributed by atoms with E-state index in [2.05, 4.69) is 128 Å². The van der Waals surface area contributed by atoms with E-state index in [0.29, 0.717) is 0 Å². The van der Waals surface area contributed by atoms with Gasteiger partial charge in [0.15, 0.2) is 0 Å². The molecule has 6 aromatic rings. The van der Waals surface area contributed by atoms with Gasteiger partial charge in [-0.05, 0) is 48.5 Å². The predicted octanol–water partition coefficient (Wildman–Crippen LogP) is 7.49. The highest BCUT2D eigenvalue weighted by Crippen LogP contribution is 2.41. The first kappa shape index (κ1) is 16.6. The topological polar surface area (TPSA) is 9.86 Å². The Kier molecular flexibility index (Phi) is 3.65. The molecule has 2 heterocycles. The molecule has 29 heavy (non-hydrogen) atoms. The quantitative estimate of drug-likeness (QED) is 0.266. The molecular formula is C26H17BrN2. The number of hydrogen-bond donors (Lipinski definition) is 0. The van der Waals surface area contributed by atoms with Gasteiger partial charge in [0.2, 0.25) is 0 Å². The lowest BCUT2D eigenvalue weighted by Crippen LogP contribution is -1.93. The van der Waals surface area contributed by atoms with Crippen LogP contribution in [0.1, 0.15) is 0 Å². The van der Waals surface area contributed by atoms with Gasteiger partial charge in [0.05, 0.1) is 22.1 Å². The normalized spacial score (nSPS) is 11.6. The van der Waals surface area contributed by atoms with E-state index in [1.54, 1.807) is 0 Å². The fourth-order valence-corrected chi connectivity index (χ4v) is 4.75. The fraction of sp³-hybridized carbons (Fsp3) is 0. The average molecular weight is 437 g/mol. The van der Waals surface area contributed by atoms with Gasteiger partial charge in [0.1, 0.15) is 0 Å². The zero-order valence-corrected chi connectivity index (χ0v) is 17.2. The molecule has 0 aliphatic heterocycles. The summed E-state index contributed by atoms with van der Waals surface area (Å²) < 4.78 is 5.86. The van der Waals surface area contributed by atoms with Crippen molar-refractivity contribution in [2.24, 2.45) is 0 Å². The fourth-order valence-electron chi connectivity index (χ4n) is 4.40. The molecule has 0 fully saturated rings. The van der Waals surface area contributed by atoms with Gasteiger partial charge in [-0.3, -0.25) is 0 Å². The van der Waals surface area contributed by atoms with Crippen molar-refractivity contribution in [2.45, 2.75) is 0 Å². The first-order valence-electron chi connectivity index (χ1n) is 9.67. The third kappa shape index (κ3) is 2.41. The van der Waals surface area contributed by atoms with Crippen LogP contribution >= 0.6 is 15.9 Å². The number of nitrogens with zero attached hydrogens (tertiary/aromatic N) is 2. The van der Waals surface area contributed by atoms with E-state index in [-0.39, 0.29) is 0 Å². The van der Waals surface area contributed by atoms with Crippen molar-refractivity contribution in [3.63, 3.8) is 0 Å². The molecule has 4 aromatic carbocycles. The number of benzene rings is 4. The van der Waals surface area contributed by atoms with E-state index in [0.717, 1.165) is 4.47 Å². The van der Waals surface area contributed by atoms with Crippen molar-refractivity contribution < 1.29 is 0 Å². The summed E-state index contributed by atoms with van der Waals surface area (Å²) in [7, 11) is 0. The Balaban J connectivity index is 1.91. The highest BCUT2D eigenvalue weighted by molar-refractivity contribution is 9.10. The van der Waals surface area contributed by atoms with Gasteiger partial charge < -0.3 is 9.13 Å². The molecule has 2 nitrogen and oxygen atoms in total. The van der Waals surface area contributed by atoms with Gasteiger partial charge >= 0.3 is 0 Å². The zero-order valence-electron chi connectivity index (χ0n) is 15.6. The summed E-state index contributed by atoms with van der Waals surface area (Å²) in [6.45, 7) is 0. The van der Waals surface area contributed by atoms with E-state index in [1.165, 1.54) is 44.2 Å². The lowest BCUT2D eigenvalue weighted by atomic mass is 10.2. The molecule has 0 unspecified atom stereocenters. The van der Waals surface area contributed by atoms with Crippen LogP contribution in [-0.4, -0.2) is 9.13 Å². The number of hydrogen-bond acceptors (Lipinski definition) is 0. The maximum atomic E-state index is 3.68. The molecule has 0 saturated heterocycles. The minimum atomic E-state index is 1.08. The third-order valence-corrected chi connectivity index (χ3v) is 6.05. The van der Waals surface area contributed by atoms with Crippen LogP contribution in [0.2, 0.25) is 0 Å². The van der Waals surface area contributed by atoms with E-state index in [9.17, 15) is 0 Å². The molecule has 0 spiro atoms. The third-order valence-electron chi connectivity index (χ3n) is 5.56. The maximum Gasteiger partial charge on any atom is 0.0803 e. The standard InChI is InChI=1S/C26H17BrN2/c27-18-15-16-22-24(17-18)29(20-11-5-2-6-12-20)25-21-13-7-8-14-23(21)28(26(22)25)19-9-3-1-4-10-19/h1-17H. The largest absolute Gasteiger partial charge is 0.307 e. The summed E-state index contributed by atoms with van der Waals surface area (Å²) in [5, 5.41) is 2.50. The second kappa shape index (κ2) is 6.36. The average Bonchev–Trinajstić information content (AvgIpc) is 3.27. The second-order valence-corrected chi connectivity index (χ2v) is 8.13. The van der Waals surface area contributed by atoms with Gasteiger partial charge in [-0.1, -0.05) is 70.5 Å². The highest BCUT2D eigenvalue weighted by Gasteiger charge is 2.21.